The second-order valence-electron chi connectivity index (χ2n) is 6.04. The van der Waals surface area contributed by atoms with Crippen LogP contribution in [-0.4, -0.2) is 37.5 Å². The summed E-state index contributed by atoms with van der Waals surface area (Å²) < 4.78 is 2.45. The third-order valence-corrected chi connectivity index (χ3v) is 6.86. The van der Waals surface area contributed by atoms with Gasteiger partial charge in [-0.15, -0.1) is 0 Å². The summed E-state index contributed by atoms with van der Waals surface area (Å²) in [7, 11) is 0. The van der Waals surface area contributed by atoms with Crippen LogP contribution < -0.4 is 0 Å². The second kappa shape index (κ2) is 6.21. The first kappa shape index (κ1) is 13.9. The van der Waals surface area contributed by atoms with Crippen LogP contribution in [0.25, 0.3) is 11.2 Å². The summed E-state index contributed by atoms with van der Waals surface area (Å²) in [6, 6.07) is 4.12. The molecule has 0 N–H and O–H groups in total. The van der Waals surface area contributed by atoms with Crippen LogP contribution in [0.2, 0.25) is 0 Å². The molecule has 2 aliphatic heterocycles. The molecule has 0 aromatic carbocycles. The summed E-state index contributed by atoms with van der Waals surface area (Å²) in [5, 5.41) is 0. The molecule has 1 atom stereocenters. The standard InChI is InChI=1S/C16H21N3S2/c1-2-14-16(17-6-1)19(10-12-3-7-21-11-12)15(18-14)13-4-8-20-9-5-13/h1-2,6,12-13H,3-5,7-11H2. The van der Waals surface area contributed by atoms with Gasteiger partial charge in [-0.05, 0) is 60.3 Å². The van der Waals surface area contributed by atoms with Gasteiger partial charge >= 0.3 is 0 Å². The van der Waals surface area contributed by atoms with Crippen molar-refractivity contribution in [3.05, 3.63) is 24.2 Å². The van der Waals surface area contributed by atoms with Crippen molar-refractivity contribution in [1.29, 1.82) is 0 Å². The molecule has 1 unspecified atom stereocenters. The molecule has 2 aliphatic rings. The summed E-state index contributed by atoms with van der Waals surface area (Å²) >= 11 is 4.18. The van der Waals surface area contributed by atoms with E-state index in [1.807, 2.05) is 12.3 Å². The molecule has 0 saturated carbocycles. The number of aromatic nitrogens is 3. The average Bonchev–Trinajstić information content (AvgIpc) is 3.17. The summed E-state index contributed by atoms with van der Waals surface area (Å²) in [5.41, 5.74) is 2.18. The zero-order valence-corrected chi connectivity index (χ0v) is 13.8. The van der Waals surface area contributed by atoms with Crippen LogP contribution >= 0.6 is 23.5 Å². The molecule has 2 fully saturated rings. The molecule has 112 valence electrons. The average molecular weight is 319 g/mol. The van der Waals surface area contributed by atoms with Crippen LogP contribution in [0.3, 0.4) is 0 Å². The quantitative estimate of drug-likeness (QED) is 0.861. The second-order valence-corrected chi connectivity index (χ2v) is 8.42. The predicted octanol–water partition coefficient (Wildman–Crippen LogP) is 3.80. The topological polar surface area (TPSA) is 30.7 Å². The predicted molar refractivity (Wildman–Crippen MR) is 92.3 cm³/mol. The Balaban J connectivity index is 1.72. The van der Waals surface area contributed by atoms with Crippen LogP contribution in [0.5, 0.6) is 0 Å². The van der Waals surface area contributed by atoms with Gasteiger partial charge < -0.3 is 4.57 Å². The molecule has 5 heteroatoms. The van der Waals surface area contributed by atoms with Gasteiger partial charge in [-0.3, -0.25) is 0 Å². The number of thioether (sulfide) groups is 2. The minimum absolute atomic E-state index is 0.634. The van der Waals surface area contributed by atoms with Crippen molar-refractivity contribution >= 4 is 34.7 Å². The molecule has 4 rings (SSSR count). The fourth-order valence-electron chi connectivity index (χ4n) is 3.41. The Hall–Kier alpha value is -0.680. The zero-order valence-electron chi connectivity index (χ0n) is 12.2. The van der Waals surface area contributed by atoms with E-state index in [-0.39, 0.29) is 0 Å². The lowest BCUT2D eigenvalue weighted by Crippen LogP contribution is -2.18. The van der Waals surface area contributed by atoms with E-state index < -0.39 is 0 Å². The molecule has 0 bridgehead atoms. The first-order chi connectivity index (χ1) is 10.4. The summed E-state index contributed by atoms with van der Waals surface area (Å²) in [6.07, 6.45) is 5.79. The highest BCUT2D eigenvalue weighted by molar-refractivity contribution is 7.99. The van der Waals surface area contributed by atoms with Crippen molar-refractivity contribution in [2.75, 3.05) is 23.0 Å². The van der Waals surface area contributed by atoms with Gasteiger partial charge in [-0.2, -0.15) is 23.5 Å². The van der Waals surface area contributed by atoms with Gasteiger partial charge in [0, 0.05) is 18.7 Å². The Bertz CT molecular complexity index is 613. The molecule has 2 saturated heterocycles. The van der Waals surface area contributed by atoms with Gasteiger partial charge in [0.05, 0.1) is 0 Å². The van der Waals surface area contributed by atoms with E-state index >= 15 is 0 Å². The van der Waals surface area contributed by atoms with Crippen molar-refractivity contribution in [2.24, 2.45) is 5.92 Å². The molecule has 0 amide bonds. The van der Waals surface area contributed by atoms with E-state index in [2.05, 4.69) is 39.1 Å². The number of imidazole rings is 1. The Kier molecular flexibility index (Phi) is 4.12. The number of hydrogen-bond acceptors (Lipinski definition) is 4. The Morgan fingerprint density at radius 1 is 1.14 bits per heavy atom. The Morgan fingerprint density at radius 3 is 2.81 bits per heavy atom. The van der Waals surface area contributed by atoms with Crippen LogP contribution in [0.1, 0.15) is 31.0 Å². The van der Waals surface area contributed by atoms with E-state index in [1.54, 1.807) is 0 Å². The molecule has 3 nitrogen and oxygen atoms in total. The maximum Gasteiger partial charge on any atom is 0.160 e. The smallest absolute Gasteiger partial charge is 0.160 e. The van der Waals surface area contributed by atoms with E-state index in [0.717, 1.165) is 23.6 Å². The monoisotopic (exact) mass is 319 g/mol. The van der Waals surface area contributed by atoms with Crippen molar-refractivity contribution in [2.45, 2.75) is 31.7 Å². The molecule has 0 spiro atoms. The highest BCUT2D eigenvalue weighted by Gasteiger charge is 2.25. The molecule has 21 heavy (non-hydrogen) atoms. The van der Waals surface area contributed by atoms with Crippen molar-refractivity contribution in [1.82, 2.24) is 14.5 Å². The SMILES string of the molecule is c1cnc2c(c1)nc(C1CCSCC1)n2CC1CCSC1. The first-order valence-electron chi connectivity index (χ1n) is 7.88. The zero-order chi connectivity index (χ0) is 14.1. The fourth-order valence-corrected chi connectivity index (χ4v) is 5.79. The van der Waals surface area contributed by atoms with Gasteiger partial charge in [0.2, 0.25) is 0 Å². The lowest BCUT2D eigenvalue weighted by Gasteiger charge is -2.23. The van der Waals surface area contributed by atoms with E-state index in [1.165, 1.54) is 48.1 Å². The Morgan fingerprint density at radius 2 is 2.00 bits per heavy atom. The summed E-state index contributed by atoms with van der Waals surface area (Å²) in [6.45, 7) is 1.11. The summed E-state index contributed by atoms with van der Waals surface area (Å²) in [4.78, 5) is 9.59. The number of rotatable bonds is 3. The van der Waals surface area contributed by atoms with Gasteiger partial charge in [0.1, 0.15) is 11.3 Å². The van der Waals surface area contributed by atoms with Gasteiger partial charge in [0.25, 0.3) is 0 Å². The van der Waals surface area contributed by atoms with Crippen molar-refractivity contribution in [3.8, 4) is 0 Å². The third kappa shape index (κ3) is 2.82. The van der Waals surface area contributed by atoms with Crippen LogP contribution in [-0.2, 0) is 6.54 Å². The molecule has 0 radical (unpaired) electrons. The molecule has 0 aliphatic carbocycles. The van der Waals surface area contributed by atoms with Gasteiger partial charge in [0.15, 0.2) is 5.65 Å². The molecule has 4 heterocycles. The van der Waals surface area contributed by atoms with Gasteiger partial charge in [-0.25, -0.2) is 9.97 Å². The molecular weight excluding hydrogens is 298 g/mol. The highest BCUT2D eigenvalue weighted by Crippen LogP contribution is 2.34. The highest BCUT2D eigenvalue weighted by atomic mass is 32.2. The number of nitrogens with zero attached hydrogens (tertiary/aromatic N) is 3. The van der Waals surface area contributed by atoms with Crippen LogP contribution in [0.15, 0.2) is 18.3 Å². The lowest BCUT2D eigenvalue weighted by molar-refractivity contribution is 0.464. The lowest BCUT2D eigenvalue weighted by atomic mass is 10.0. The van der Waals surface area contributed by atoms with Crippen LogP contribution in [0, 0.1) is 5.92 Å². The maximum atomic E-state index is 4.96. The van der Waals surface area contributed by atoms with Crippen molar-refractivity contribution < 1.29 is 0 Å². The maximum absolute atomic E-state index is 4.96. The number of fused-ring (bicyclic) bond motifs is 1. The molecular formula is C16H21N3S2. The Labute approximate surface area is 134 Å². The fraction of sp³-hybridized carbons (Fsp3) is 0.625. The van der Waals surface area contributed by atoms with Gasteiger partial charge in [-0.1, -0.05) is 0 Å². The molecule has 2 aromatic heterocycles. The van der Waals surface area contributed by atoms with E-state index in [9.17, 15) is 0 Å². The summed E-state index contributed by atoms with van der Waals surface area (Å²) in [5.74, 6) is 7.91. The van der Waals surface area contributed by atoms with E-state index in [0.29, 0.717) is 5.92 Å². The van der Waals surface area contributed by atoms with E-state index in [4.69, 9.17) is 4.98 Å². The van der Waals surface area contributed by atoms with Crippen molar-refractivity contribution in [3.63, 3.8) is 0 Å². The third-order valence-electron chi connectivity index (χ3n) is 4.58. The number of hydrogen-bond donors (Lipinski definition) is 0. The van der Waals surface area contributed by atoms with Crippen LogP contribution in [0.4, 0.5) is 0 Å². The number of pyridine rings is 1. The normalized spacial score (nSPS) is 23.9. The minimum Gasteiger partial charge on any atom is -0.312 e. The largest absolute Gasteiger partial charge is 0.312 e. The molecule has 2 aromatic rings. The first-order valence-corrected chi connectivity index (χ1v) is 10.2. The minimum atomic E-state index is 0.634.